The van der Waals surface area contributed by atoms with Crippen molar-refractivity contribution in [2.75, 3.05) is 6.61 Å². The molecule has 0 aromatic carbocycles. The van der Waals surface area contributed by atoms with E-state index in [1.807, 2.05) is 13.0 Å². The number of hydrogen-bond acceptors (Lipinski definition) is 4. The zero-order valence-corrected chi connectivity index (χ0v) is 26.9. The minimum Gasteiger partial charge on any atom is -0.394 e. The van der Waals surface area contributed by atoms with Gasteiger partial charge in [0.05, 0.1) is 31.3 Å². The van der Waals surface area contributed by atoms with E-state index in [1.165, 1.54) is 96.3 Å². The third-order valence-electron chi connectivity index (χ3n) is 7.75. The fraction of sp³-hybridized carbons (Fsp3) is 0.806. The van der Waals surface area contributed by atoms with Crippen LogP contribution in [0, 0.1) is 0 Å². The summed E-state index contributed by atoms with van der Waals surface area (Å²) in [6, 6.07) is -0.761. The predicted molar refractivity (Wildman–Crippen MR) is 176 cm³/mol. The molecule has 0 aliphatic carbocycles. The number of rotatable bonds is 30. The van der Waals surface area contributed by atoms with Gasteiger partial charge in [-0.25, -0.2) is 0 Å². The topological polar surface area (TPSA) is 89.8 Å². The van der Waals surface area contributed by atoms with Crippen LogP contribution in [0.5, 0.6) is 0 Å². The summed E-state index contributed by atoms with van der Waals surface area (Å²) >= 11 is 0. The Kier molecular flexibility index (Phi) is 30.4. The molecule has 4 N–H and O–H groups in total. The standard InChI is InChI=1S/C36H67NO4/c1-3-5-7-9-11-13-14-15-16-17-18-19-20-22-23-25-27-29-33(39)31-36(41)37-34(32-38)35(40)30-28-26-24-21-12-10-8-6-4-2/h4,6,12,21,28,30,33-35,38-40H,3,5,7-11,13-20,22-27,29,31-32H2,1-2H3,(H,37,41)/b6-4+,21-12+,30-28+. The van der Waals surface area contributed by atoms with Crippen LogP contribution in [0.1, 0.15) is 162 Å². The molecule has 0 radical (unpaired) electrons. The quantitative estimate of drug-likeness (QED) is 0.0507. The molecule has 0 aliphatic rings. The Hall–Kier alpha value is -1.43. The first kappa shape index (κ1) is 39.6. The van der Waals surface area contributed by atoms with Crippen LogP contribution in [0.2, 0.25) is 0 Å². The lowest BCUT2D eigenvalue weighted by Gasteiger charge is -2.21. The van der Waals surface area contributed by atoms with Gasteiger partial charge < -0.3 is 20.6 Å². The molecular weight excluding hydrogens is 510 g/mol. The molecule has 0 fully saturated rings. The summed E-state index contributed by atoms with van der Waals surface area (Å²) in [5.41, 5.74) is 0. The molecule has 0 spiro atoms. The molecular formula is C36H67NO4. The molecule has 3 unspecified atom stereocenters. The lowest BCUT2D eigenvalue weighted by molar-refractivity contribution is -0.124. The number of amides is 1. The Morgan fingerprint density at radius 3 is 1.56 bits per heavy atom. The van der Waals surface area contributed by atoms with Gasteiger partial charge >= 0.3 is 0 Å². The number of allylic oxidation sites excluding steroid dienone is 5. The summed E-state index contributed by atoms with van der Waals surface area (Å²) in [6.45, 7) is 3.95. The lowest BCUT2D eigenvalue weighted by Crippen LogP contribution is -2.45. The van der Waals surface area contributed by atoms with E-state index in [0.717, 1.165) is 38.5 Å². The van der Waals surface area contributed by atoms with Gasteiger partial charge in [0, 0.05) is 0 Å². The molecule has 240 valence electrons. The number of nitrogens with one attached hydrogen (secondary N) is 1. The molecule has 5 heteroatoms. The Morgan fingerprint density at radius 2 is 1.10 bits per heavy atom. The van der Waals surface area contributed by atoms with E-state index in [4.69, 9.17) is 0 Å². The van der Waals surface area contributed by atoms with Crippen LogP contribution < -0.4 is 5.32 Å². The van der Waals surface area contributed by atoms with Crippen LogP contribution in [0.3, 0.4) is 0 Å². The number of aliphatic hydroxyl groups excluding tert-OH is 3. The van der Waals surface area contributed by atoms with Crippen molar-refractivity contribution < 1.29 is 20.1 Å². The second-order valence-electron chi connectivity index (χ2n) is 11.8. The van der Waals surface area contributed by atoms with E-state index in [1.54, 1.807) is 6.08 Å². The fourth-order valence-electron chi connectivity index (χ4n) is 5.08. The first-order chi connectivity index (χ1) is 20.0. The molecule has 41 heavy (non-hydrogen) atoms. The minimum atomic E-state index is -0.954. The van der Waals surface area contributed by atoms with E-state index in [-0.39, 0.29) is 18.9 Å². The van der Waals surface area contributed by atoms with Crippen molar-refractivity contribution in [2.24, 2.45) is 0 Å². The summed E-state index contributed by atoms with van der Waals surface area (Å²) in [5, 5.41) is 32.8. The van der Waals surface area contributed by atoms with Gasteiger partial charge in [0.25, 0.3) is 0 Å². The summed E-state index contributed by atoms with van der Waals surface area (Å²) in [4.78, 5) is 12.3. The van der Waals surface area contributed by atoms with E-state index in [2.05, 4.69) is 36.5 Å². The number of hydrogen-bond donors (Lipinski definition) is 4. The highest BCUT2D eigenvalue weighted by molar-refractivity contribution is 5.76. The highest BCUT2D eigenvalue weighted by Crippen LogP contribution is 2.15. The van der Waals surface area contributed by atoms with Crippen LogP contribution in [0.25, 0.3) is 0 Å². The number of unbranched alkanes of at least 4 members (excludes halogenated alkanes) is 18. The summed E-state index contributed by atoms with van der Waals surface area (Å²) in [6.07, 6.45) is 37.2. The van der Waals surface area contributed by atoms with Crippen LogP contribution in [0.15, 0.2) is 36.5 Å². The third kappa shape index (κ3) is 28.5. The second kappa shape index (κ2) is 31.5. The molecule has 0 heterocycles. The molecule has 3 atom stereocenters. The van der Waals surface area contributed by atoms with Crippen molar-refractivity contribution in [3.63, 3.8) is 0 Å². The molecule has 0 bridgehead atoms. The Labute approximate surface area is 254 Å². The minimum absolute atomic E-state index is 0.00378. The average Bonchev–Trinajstić information content (AvgIpc) is 2.96. The number of carbonyl (C=O) groups is 1. The van der Waals surface area contributed by atoms with Crippen LogP contribution >= 0.6 is 0 Å². The monoisotopic (exact) mass is 578 g/mol. The largest absolute Gasteiger partial charge is 0.394 e. The summed E-state index contributed by atoms with van der Waals surface area (Å²) in [5.74, 6) is -0.333. The smallest absolute Gasteiger partial charge is 0.222 e. The van der Waals surface area contributed by atoms with E-state index in [0.29, 0.717) is 6.42 Å². The van der Waals surface area contributed by atoms with Crippen LogP contribution in [0.4, 0.5) is 0 Å². The van der Waals surface area contributed by atoms with Gasteiger partial charge in [-0.15, -0.1) is 0 Å². The van der Waals surface area contributed by atoms with Crippen molar-refractivity contribution >= 4 is 5.91 Å². The maximum absolute atomic E-state index is 12.3. The average molecular weight is 578 g/mol. The van der Waals surface area contributed by atoms with Gasteiger partial charge in [-0.05, 0) is 39.0 Å². The molecule has 0 aliphatic heterocycles. The Bertz CT molecular complexity index is 645. The molecule has 0 rings (SSSR count). The van der Waals surface area contributed by atoms with Gasteiger partial charge in [-0.1, -0.05) is 153 Å². The highest BCUT2D eigenvalue weighted by atomic mass is 16.3. The molecule has 5 nitrogen and oxygen atoms in total. The molecule has 0 saturated carbocycles. The van der Waals surface area contributed by atoms with Crippen molar-refractivity contribution in [3.8, 4) is 0 Å². The summed E-state index contributed by atoms with van der Waals surface area (Å²) < 4.78 is 0. The molecule has 1 amide bonds. The van der Waals surface area contributed by atoms with Crippen molar-refractivity contribution in [2.45, 2.75) is 180 Å². The number of aliphatic hydroxyl groups is 3. The van der Waals surface area contributed by atoms with Crippen molar-refractivity contribution in [3.05, 3.63) is 36.5 Å². The van der Waals surface area contributed by atoms with Crippen LogP contribution in [-0.2, 0) is 4.79 Å². The highest BCUT2D eigenvalue weighted by Gasteiger charge is 2.20. The fourth-order valence-corrected chi connectivity index (χ4v) is 5.08. The summed E-state index contributed by atoms with van der Waals surface area (Å²) in [7, 11) is 0. The van der Waals surface area contributed by atoms with Gasteiger partial charge in [0.2, 0.25) is 5.91 Å². The normalized spacial score (nSPS) is 14.4. The van der Waals surface area contributed by atoms with E-state index in [9.17, 15) is 20.1 Å². The Morgan fingerprint density at radius 1 is 0.659 bits per heavy atom. The Balaban J connectivity index is 3.71. The number of carbonyl (C=O) groups excluding carboxylic acids is 1. The van der Waals surface area contributed by atoms with Crippen molar-refractivity contribution in [1.29, 1.82) is 0 Å². The first-order valence-electron chi connectivity index (χ1n) is 17.2. The SMILES string of the molecule is C/C=C/CC/C=C/CC/C=C/C(O)C(CO)NC(=O)CC(O)CCCCCCCCCCCCCCCCCCC. The molecule has 0 aromatic heterocycles. The van der Waals surface area contributed by atoms with Gasteiger partial charge in [-0.2, -0.15) is 0 Å². The zero-order chi connectivity index (χ0) is 30.2. The zero-order valence-electron chi connectivity index (χ0n) is 26.9. The predicted octanol–water partition coefficient (Wildman–Crippen LogP) is 8.87. The van der Waals surface area contributed by atoms with E-state index >= 15 is 0 Å². The van der Waals surface area contributed by atoms with Crippen LogP contribution in [-0.4, -0.2) is 46.1 Å². The maximum Gasteiger partial charge on any atom is 0.222 e. The van der Waals surface area contributed by atoms with Gasteiger partial charge in [0.1, 0.15) is 0 Å². The van der Waals surface area contributed by atoms with Gasteiger partial charge in [-0.3, -0.25) is 4.79 Å². The molecule has 0 saturated heterocycles. The molecule has 0 aromatic rings. The third-order valence-corrected chi connectivity index (χ3v) is 7.75. The first-order valence-corrected chi connectivity index (χ1v) is 17.2. The van der Waals surface area contributed by atoms with Crippen molar-refractivity contribution in [1.82, 2.24) is 5.32 Å². The maximum atomic E-state index is 12.3. The van der Waals surface area contributed by atoms with Gasteiger partial charge in [0.15, 0.2) is 0 Å². The van der Waals surface area contributed by atoms with E-state index < -0.39 is 18.2 Å². The lowest BCUT2D eigenvalue weighted by atomic mass is 10.0. The second-order valence-corrected chi connectivity index (χ2v) is 11.8.